The summed E-state index contributed by atoms with van der Waals surface area (Å²) in [6.45, 7) is 0. The molecule has 0 aromatic rings. The van der Waals surface area contributed by atoms with E-state index in [1.807, 2.05) is 0 Å². The van der Waals surface area contributed by atoms with Gasteiger partial charge in [0.05, 0.1) is 0 Å². The minimum atomic E-state index is -1.07. The summed E-state index contributed by atoms with van der Waals surface area (Å²) in [5.41, 5.74) is 5.47. The molecule has 0 aliphatic carbocycles. The quantitative estimate of drug-likeness (QED) is 0.396. The molecule has 1 unspecified atom stereocenters. The fraction of sp³-hybridized carbons (Fsp3) is 1.00. The summed E-state index contributed by atoms with van der Waals surface area (Å²) < 4.78 is 14.8. The zero-order valence-corrected chi connectivity index (χ0v) is 8.88. The molecule has 2 N–H and O–H groups in total. The molecule has 4 nitrogen and oxygen atoms in total. The Morgan fingerprint density at radius 2 is 1.70 bits per heavy atom. The van der Waals surface area contributed by atoms with E-state index >= 15 is 0 Å². The predicted molar refractivity (Wildman–Crippen MR) is 41.7 cm³/mol. The van der Waals surface area contributed by atoms with Crippen LogP contribution in [0.1, 0.15) is 0 Å². The lowest BCUT2D eigenvalue weighted by Gasteiger charge is -2.30. The molecule has 0 saturated carbocycles. The van der Waals surface area contributed by atoms with Crippen molar-refractivity contribution in [2.24, 2.45) is 5.73 Å². The van der Waals surface area contributed by atoms with E-state index in [9.17, 15) is 0 Å². The first-order chi connectivity index (χ1) is 4.60. The van der Waals surface area contributed by atoms with E-state index in [0.29, 0.717) is 0 Å². The summed E-state index contributed by atoms with van der Waals surface area (Å²) >= 11 is 0. The first-order valence-electron chi connectivity index (χ1n) is 3.02. The third kappa shape index (κ3) is 2.03. The second kappa shape index (κ2) is 4.04. The van der Waals surface area contributed by atoms with Crippen LogP contribution in [0.15, 0.2) is 0 Å². The van der Waals surface area contributed by atoms with Gasteiger partial charge in [0, 0.05) is 31.6 Å². The van der Waals surface area contributed by atoms with Gasteiger partial charge in [-0.25, -0.2) is 0 Å². The summed E-state index contributed by atoms with van der Waals surface area (Å²) in [5.74, 6) is -1.07. The molecule has 0 aliphatic rings. The van der Waals surface area contributed by atoms with Gasteiger partial charge in [0.15, 0.2) is 0 Å². The second-order valence-corrected chi connectivity index (χ2v) is 3.06. The van der Waals surface area contributed by atoms with Crippen molar-refractivity contribution in [1.29, 1.82) is 0 Å². The number of hydrogen-bond donors (Lipinski definition) is 1. The molecule has 0 aliphatic heterocycles. The minimum absolute atomic E-state index is 0.150. The fourth-order valence-electron chi connectivity index (χ4n) is 0.580. The standard InChI is InChI=1S/C5H15NO3Si/c1-7-4(10)5(6,8-2)9-3/h4H,6H2,1-3,10H3. The van der Waals surface area contributed by atoms with Crippen molar-refractivity contribution in [3.05, 3.63) is 0 Å². The maximum Gasteiger partial charge on any atom is 0.247 e. The van der Waals surface area contributed by atoms with Crippen molar-refractivity contribution in [2.45, 2.75) is 11.6 Å². The number of ether oxygens (including phenoxy) is 3. The van der Waals surface area contributed by atoms with E-state index in [1.54, 1.807) is 7.11 Å². The fourth-order valence-corrected chi connectivity index (χ4v) is 1.05. The molecular weight excluding hydrogens is 150 g/mol. The molecule has 0 saturated heterocycles. The van der Waals surface area contributed by atoms with Crippen LogP contribution in [0, 0.1) is 0 Å². The van der Waals surface area contributed by atoms with Gasteiger partial charge < -0.3 is 14.2 Å². The normalized spacial score (nSPS) is 15.6. The van der Waals surface area contributed by atoms with Crippen molar-refractivity contribution < 1.29 is 14.2 Å². The monoisotopic (exact) mass is 165 g/mol. The topological polar surface area (TPSA) is 53.7 Å². The molecule has 0 amide bonds. The van der Waals surface area contributed by atoms with Crippen LogP contribution < -0.4 is 5.73 Å². The van der Waals surface area contributed by atoms with Crippen LogP contribution in [0.5, 0.6) is 0 Å². The van der Waals surface area contributed by atoms with E-state index in [1.165, 1.54) is 14.2 Å². The number of rotatable bonds is 4. The summed E-state index contributed by atoms with van der Waals surface area (Å²) in [7, 11) is 5.34. The average molecular weight is 165 g/mol. The highest BCUT2D eigenvalue weighted by atomic mass is 28.1. The van der Waals surface area contributed by atoms with Gasteiger partial charge in [0.2, 0.25) is 5.91 Å². The van der Waals surface area contributed by atoms with Crippen LogP contribution in [0.25, 0.3) is 0 Å². The molecule has 5 heteroatoms. The summed E-state index contributed by atoms with van der Waals surface area (Å²) in [4.78, 5) is 0. The molecule has 0 bridgehead atoms. The zero-order chi connectivity index (χ0) is 8.20. The Morgan fingerprint density at radius 3 is 1.80 bits per heavy atom. The third-order valence-electron chi connectivity index (χ3n) is 1.56. The van der Waals surface area contributed by atoms with Crippen LogP contribution in [0.4, 0.5) is 0 Å². The molecule has 0 spiro atoms. The van der Waals surface area contributed by atoms with E-state index in [4.69, 9.17) is 19.9 Å². The van der Waals surface area contributed by atoms with Gasteiger partial charge in [-0.05, 0) is 0 Å². The maximum absolute atomic E-state index is 5.62. The SMILES string of the molecule is COC([SiH3])C(N)(OC)OC. The number of methoxy groups -OCH3 is 3. The van der Waals surface area contributed by atoms with Crippen molar-refractivity contribution in [3.63, 3.8) is 0 Å². The van der Waals surface area contributed by atoms with Crippen LogP contribution >= 0.6 is 0 Å². The van der Waals surface area contributed by atoms with Crippen LogP contribution in [0.3, 0.4) is 0 Å². The van der Waals surface area contributed by atoms with Crippen molar-refractivity contribution in [3.8, 4) is 0 Å². The van der Waals surface area contributed by atoms with Crippen LogP contribution in [0.2, 0.25) is 0 Å². The highest BCUT2D eigenvalue weighted by molar-refractivity contribution is 6.11. The van der Waals surface area contributed by atoms with Crippen molar-refractivity contribution >= 4 is 10.2 Å². The summed E-state index contributed by atoms with van der Waals surface area (Å²) in [6.07, 6.45) is 0. The Morgan fingerprint density at radius 1 is 1.30 bits per heavy atom. The third-order valence-corrected chi connectivity index (χ3v) is 2.83. The lowest BCUT2D eigenvalue weighted by atomic mass is 10.5. The molecule has 10 heavy (non-hydrogen) atoms. The van der Waals surface area contributed by atoms with Gasteiger partial charge in [0.25, 0.3) is 0 Å². The van der Waals surface area contributed by atoms with Crippen molar-refractivity contribution in [1.82, 2.24) is 0 Å². The smallest absolute Gasteiger partial charge is 0.247 e. The van der Waals surface area contributed by atoms with Gasteiger partial charge in [-0.3, -0.25) is 5.73 Å². The first kappa shape index (κ1) is 10.1. The molecule has 1 atom stereocenters. The minimum Gasteiger partial charge on any atom is -0.379 e. The van der Waals surface area contributed by atoms with E-state index < -0.39 is 5.91 Å². The lowest BCUT2D eigenvalue weighted by Crippen LogP contribution is -2.55. The van der Waals surface area contributed by atoms with Gasteiger partial charge in [0.1, 0.15) is 5.73 Å². The van der Waals surface area contributed by atoms with Gasteiger partial charge >= 0.3 is 0 Å². The highest BCUT2D eigenvalue weighted by Crippen LogP contribution is 2.08. The largest absolute Gasteiger partial charge is 0.379 e. The first-order valence-corrected chi connectivity index (χ1v) is 4.18. The molecule has 0 heterocycles. The summed E-state index contributed by atoms with van der Waals surface area (Å²) in [5, 5.41) is 0. The number of nitrogens with two attached hydrogens (primary N) is 1. The molecule has 0 aromatic heterocycles. The zero-order valence-electron chi connectivity index (χ0n) is 6.88. The average Bonchev–Trinajstić information content (AvgIpc) is 2.01. The van der Waals surface area contributed by atoms with Crippen LogP contribution in [-0.4, -0.2) is 43.2 Å². The summed E-state index contributed by atoms with van der Waals surface area (Å²) in [6, 6.07) is 0. The Kier molecular flexibility index (Phi) is 4.07. The van der Waals surface area contributed by atoms with E-state index in [0.717, 1.165) is 10.2 Å². The van der Waals surface area contributed by atoms with E-state index in [-0.39, 0.29) is 5.73 Å². The van der Waals surface area contributed by atoms with Gasteiger partial charge in [-0.15, -0.1) is 0 Å². The molecule has 0 rings (SSSR count). The molecule has 0 radical (unpaired) electrons. The van der Waals surface area contributed by atoms with Crippen LogP contribution in [-0.2, 0) is 14.2 Å². The second-order valence-electron chi connectivity index (χ2n) is 2.01. The lowest BCUT2D eigenvalue weighted by molar-refractivity contribution is -0.240. The Bertz CT molecular complexity index is 96.9. The molecule has 0 fully saturated rings. The Labute approximate surface area is 64.1 Å². The Balaban J connectivity index is 4.02. The van der Waals surface area contributed by atoms with Crippen molar-refractivity contribution in [2.75, 3.05) is 21.3 Å². The molecular formula is C5H15NO3Si. The molecule has 62 valence electrons. The van der Waals surface area contributed by atoms with Gasteiger partial charge in [-0.2, -0.15) is 0 Å². The van der Waals surface area contributed by atoms with Gasteiger partial charge in [-0.1, -0.05) is 0 Å². The van der Waals surface area contributed by atoms with E-state index in [2.05, 4.69) is 0 Å². The number of hydrogen-bond acceptors (Lipinski definition) is 4. The maximum atomic E-state index is 5.62. The Hall–Kier alpha value is 0.0569. The molecule has 0 aromatic carbocycles. The predicted octanol–water partition coefficient (Wildman–Crippen LogP) is -1.77. The highest BCUT2D eigenvalue weighted by Gasteiger charge is 2.31.